The van der Waals surface area contributed by atoms with Gasteiger partial charge in [-0.05, 0) is 13.0 Å². The molecule has 0 spiro atoms. The van der Waals surface area contributed by atoms with Crippen LogP contribution < -0.4 is 4.98 Å². The molecule has 0 saturated carbocycles. The number of nitrogens with one attached hydrogen (secondary N) is 1. The van der Waals surface area contributed by atoms with Gasteiger partial charge in [0, 0.05) is 0 Å². The minimum atomic E-state index is 1.10. The van der Waals surface area contributed by atoms with Crippen LogP contribution >= 0.6 is 0 Å². The summed E-state index contributed by atoms with van der Waals surface area (Å²) < 4.78 is 0. The highest BCUT2D eigenvalue weighted by molar-refractivity contribution is 6.04. The van der Waals surface area contributed by atoms with Gasteiger partial charge in [-0.25, -0.2) is 0 Å². The molecule has 0 aromatic carbocycles. The Hall–Kier alpha value is 0.177. The molecule has 0 aromatic heterocycles. The zero-order chi connectivity index (χ0) is 7.66. The minimum Gasteiger partial charge on any atom is -0.341 e. The summed E-state index contributed by atoms with van der Waals surface area (Å²) in [4.78, 5) is 2.96. The van der Waals surface area contributed by atoms with Crippen molar-refractivity contribution in [3.8, 4) is 0 Å². The summed E-state index contributed by atoms with van der Waals surface area (Å²) in [6.07, 6.45) is 8.24. The molecule has 0 amide bonds. The Bertz CT molecular complexity index is 49.2. The Morgan fingerprint density at radius 2 is 1.60 bits per heavy atom. The zero-order valence-corrected chi connectivity index (χ0v) is 7.95. The molecule has 59 valence electrons. The maximum absolute atomic E-state index is 3.23. The van der Waals surface area contributed by atoms with Gasteiger partial charge in [0.2, 0.25) is 0 Å². The van der Waals surface area contributed by atoms with Gasteiger partial charge >= 0.3 is 0 Å². The quantitative estimate of drug-likeness (QED) is 0.439. The van der Waals surface area contributed by atoms with E-state index in [9.17, 15) is 0 Å². The first-order chi connectivity index (χ1) is 4.91. The average molecular weight is 156 g/mol. The van der Waals surface area contributed by atoms with E-state index >= 15 is 0 Å². The number of unbranched alkanes of at least 4 members (excludes halogenated alkanes) is 5. The van der Waals surface area contributed by atoms with Crippen molar-refractivity contribution in [2.45, 2.75) is 45.4 Å². The van der Waals surface area contributed by atoms with Crippen LogP contribution in [0.3, 0.4) is 0 Å². The fraction of sp³-hybridized carbons (Fsp3) is 1.00. The highest BCUT2D eigenvalue weighted by atomic mass is 28.2. The zero-order valence-electron chi connectivity index (χ0n) is 6.95. The van der Waals surface area contributed by atoms with Gasteiger partial charge < -0.3 is 4.98 Å². The molecule has 0 fully saturated rings. The third-order valence-corrected chi connectivity index (χ3v) is 1.91. The van der Waals surface area contributed by atoms with Crippen molar-refractivity contribution in [1.82, 2.24) is 4.98 Å². The fourth-order valence-electron chi connectivity index (χ4n) is 0.994. The third kappa shape index (κ3) is 8.18. The maximum Gasteiger partial charge on any atom is 0.140 e. The largest absolute Gasteiger partial charge is 0.341 e. The molecule has 0 unspecified atom stereocenters. The van der Waals surface area contributed by atoms with E-state index in [1.165, 1.54) is 38.5 Å². The van der Waals surface area contributed by atoms with Crippen molar-refractivity contribution in [3.05, 3.63) is 0 Å². The number of hydrogen-bond acceptors (Lipinski definition) is 1. The third-order valence-electron chi connectivity index (χ3n) is 1.66. The van der Waals surface area contributed by atoms with Crippen molar-refractivity contribution in [2.24, 2.45) is 0 Å². The lowest BCUT2D eigenvalue weighted by Crippen LogP contribution is -2.09. The van der Waals surface area contributed by atoms with E-state index in [-0.39, 0.29) is 0 Å². The summed E-state index contributed by atoms with van der Waals surface area (Å²) in [5.74, 6) is 0. The lowest BCUT2D eigenvalue weighted by molar-refractivity contribution is 0.605. The second-order valence-corrected chi connectivity index (χ2v) is 3.05. The molecular formula is C8H18NSi. The Morgan fingerprint density at radius 3 is 2.20 bits per heavy atom. The van der Waals surface area contributed by atoms with Crippen molar-refractivity contribution < 1.29 is 0 Å². The summed E-state index contributed by atoms with van der Waals surface area (Å²) in [5, 5.41) is 0. The summed E-state index contributed by atoms with van der Waals surface area (Å²) in [5.41, 5.74) is 0. The van der Waals surface area contributed by atoms with Crippen molar-refractivity contribution >= 4 is 10.4 Å². The van der Waals surface area contributed by atoms with Crippen LogP contribution in [0, 0.1) is 0 Å². The van der Waals surface area contributed by atoms with Crippen molar-refractivity contribution in [2.75, 3.05) is 6.54 Å². The van der Waals surface area contributed by atoms with E-state index in [0.29, 0.717) is 0 Å². The van der Waals surface area contributed by atoms with Crippen LogP contribution in [-0.4, -0.2) is 16.9 Å². The van der Waals surface area contributed by atoms with Gasteiger partial charge in [-0.15, -0.1) is 0 Å². The van der Waals surface area contributed by atoms with Crippen LogP contribution in [0.15, 0.2) is 0 Å². The molecule has 0 heterocycles. The summed E-state index contributed by atoms with van der Waals surface area (Å²) in [6.45, 7) is 3.35. The van der Waals surface area contributed by atoms with Crippen LogP contribution in [0.25, 0.3) is 0 Å². The van der Waals surface area contributed by atoms with E-state index in [0.717, 1.165) is 6.54 Å². The Balaban J connectivity index is 2.65. The van der Waals surface area contributed by atoms with Gasteiger partial charge in [-0.3, -0.25) is 0 Å². The van der Waals surface area contributed by atoms with Crippen LogP contribution in [-0.2, 0) is 0 Å². The van der Waals surface area contributed by atoms with Crippen LogP contribution in [0.5, 0.6) is 0 Å². The Kier molecular flexibility index (Phi) is 9.34. The molecule has 0 aliphatic heterocycles. The second-order valence-electron chi connectivity index (χ2n) is 2.69. The summed E-state index contributed by atoms with van der Waals surface area (Å²) >= 11 is 0. The van der Waals surface area contributed by atoms with Crippen LogP contribution in [0.4, 0.5) is 0 Å². The Morgan fingerprint density at radius 1 is 1.00 bits per heavy atom. The van der Waals surface area contributed by atoms with Gasteiger partial charge in [-0.2, -0.15) is 0 Å². The van der Waals surface area contributed by atoms with Gasteiger partial charge in [0.1, 0.15) is 10.4 Å². The van der Waals surface area contributed by atoms with E-state index < -0.39 is 0 Å². The molecular weight excluding hydrogens is 138 g/mol. The van der Waals surface area contributed by atoms with Gasteiger partial charge in [-0.1, -0.05) is 39.0 Å². The second kappa shape index (κ2) is 9.18. The molecule has 0 saturated heterocycles. The van der Waals surface area contributed by atoms with Crippen molar-refractivity contribution in [1.29, 1.82) is 0 Å². The molecule has 0 aliphatic carbocycles. The topological polar surface area (TPSA) is 12.0 Å². The first-order valence-electron chi connectivity index (χ1n) is 4.31. The standard InChI is InChI=1S/C8H18NSi/c1-2-3-4-5-6-7-8-9-10/h9H,2-8H2,1H3. The molecule has 2 heteroatoms. The molecule has 0 bridgehead atoms. The maximum atomic E-state index is 3.23. The minimum absolute atomic E-state index is 1.10. The molecule has 1 nitrogen and oxygen atoms in total. The monoisotopic (exact) mass is 156 g/mol. The summed E-state index contributed by atoms with van der Waals surface area (Å²) in [7, 11) is 3.23. The first kappa shape index (κ1) is 10.2. The van der Waals surface area contributed by atoms with Crippen molar-refractivity contribution in [3.63, 3.8) is 0 Å². The molecule has 0 rings (SSSR count). The molecule has 3 radical (unpaired) electrons. The molecule has 10 heavy (non-hydrogen) atoms. The van der Waals surface area contributed by atoms with E-state index in [1.54, 1.807) is 0 Å². The molecule has 0 aliphatic rings. The molecule has 0 aromatic rings. The van der Waals surface area contributed by atoms with E-state index in [1.807, 2.05) is 0 Å². The van der Waals surface area contributed by atoms with E-state index in [4.69, 9.17) is 0 Å². The van der Waals surface area contributed by atoms with Gasteiger partial charge in [0.05, 0.1) is 0 Å². The normalized spacial score (nSPS) is 10.2. The Labute approximate surface area is 68.1 Å². The number of hydrogen-bond donors (Lipinski definition) is 1. The predicted molar refractivity (Wildman–Crippen MR) is 47.1 cm³/mol. The van der Waals surface area contributed by atoms with E-state index in [2.05, 4.69) is 22.3 Å². The smallest absolute Gasteiger partial charge is 0.140 e. The van der Waals surface area contributed by atoms with Crippen LogP contribution in [0.1, 0.15) is 45.4 Å². The fourth-order valence-corrected chi connectivity index (χ4v) is 1.17. The molecule has 0 atom stereocenters. The lowest BCUT2D eigenvalue weighted by atomic mass is 10.1. The lowest BCUT2D eigenvalue weighted by Gasteiger charge is -1.98. The van der Waals surface area contributed by atoms with Gasteiger partial charge in [0.15, 0.2) is 0 Å². The molecule has 1 N–H and O–H groups in total. The predicted octanol–water partition coefficient (Wildman–Crippen LogP) is 2.02. The average Bonchev–Trinajstić information content (AvgIpc) is 1.97. The number of rotatable bonds is 7. The summed E-state index contributed by atoms with van der Waals surface area (Å²) in [6, 6.07) is 0. The highest BCUT2D eigenvalue weighted by Crippen LogP contribution is 2.03. The van der Waals surface area contributed by atoms with Gasteiger partial charge in [0.25, 0.3) is 0 Å². The first-order valence-corrected chi connectivity index (χ1v) is 4.81. The SMILES string of the molecule is CCCCCCCCN[Si]. The highest BCUT2D eigenvalue weighted by Gasteiger charge is 1.87. The van der Waals surface area contributed by atoms with Crippen LogP contribution in [0.2, 0.25) is 0 Å².